The van der Waals surface area contributed by atoms with Gasteiger partial charge in [0, 0.05) is 19.3 Å². The highest BCUT2D eigenvalue weighted by Crippen LogP contribution is 2.17. The van der Waals surface area contributed by atoms with Crippen molar-refractivity contribution in [2.75, 3.05) is 13.2 Å². The van der Waals surface area contributed by atoms with Crippen LogP contribution < -0.4 is 0 Å². The van der Waals surface area contributed by atoms with Crippen LogP contribution in [0.3, 0.4) is 0 Å². The number of allylic oxidation sites excluding steroid dienone is 10. The van der Waals surface area contributed by atoms with E-state index in [4.69, 9.17) is 14.2 Å². The molecule has 1 atom stereocenters. The van der Waals surface area contributed by atoms with Crippen LogP contribution in [0.15, 0.2) is 60.8 Å². The van der Waals surface area contributed by atoms with Gasteiger partial charge in [0.25, 0.3) is 0 Å². The van der Waals surface area contributed by atoms with Crippen LogP contribution in [0.2, 0.25) is 0 Å². The molecule has 0 aromatic heterocycles. The molecule has 0 aliphatic heterocycles. The number of esters is 3. The molecule has 0 N–H and O–H groups in total. The molecule has 0 bridgehead atoms. The van der Waals surface area contributed by atoms with E-state index in [0.717, 1.165) is 83.5 Å². The number of carbonyl (C=O) groups excluding carboxylic acids is 3. The summed E-state index contributed by atoms with van der Waals surface area (Å²) in [5, 5.41) is 0. The van der Waals surface area contributed by atoms with Gasteiger partial charge in [-0.15, -0.1) is 0 Å². The van der Waals surface area contributed by atoms with Gasteiger partial charge < -0.3 is 14.2 Å². The van der Waals surface area contributed by atoms with Crippen LogP contribution in [0, 0.1) is 0 Å². The summed E-state index contributed by atoms with van der Waals surface area (Å²) < 4.78 is 17.0. The Morgan fingerprint density at radius 2 is 0.462 bits per heavy atom. The van der Waals surface area contributed by atoms with E-state index in [1.165, 1.54) is 238 Å². The topological polar surface area (TPSA) is 78.9 Å². The second kappa shape index (κ2) is 66.6. The lowest BCUT2D eigenvalue weighted by atomic mass is 10.0. The Bertz CT molecular complexity index is 1390. The average Bonchev–Trinajstić information content (AvgIpc) is 3.44. The van der Waals surface area contributed by atoms with E-state index in [0.29, 0.717) is 19.3 Å². The number of hydrogen-bond donors (Lipinski definition) is 0. The van der Waals surface area contributed by atoms with E-state index in [-0.39, 0.29) is 31.1 Å². The summed E-state index contributed by atoms with van der Waals surface area (Å²) >= 11 is 0. The maximum atomic E-state index is 12.9. The number of unbranched alkanes of at least 4 members (excludes halogenated alkanes) is 42. The maximum Gasteiger partial charge on any atom is 0.306 e. The summed E-state index contributed by atoms with van der Waals surface area (Å²) in [5.41, 5.74) is 0. The lowest BCUT2D eigenvalue weighted by molar-refractivity contribution is -0.167. The third-order valence-electron chi connectivity index (χ3n) is 15.2. The second-order valence-electron chi connectivity index (χ2n) is 23.1. The number of hydrogen-bond acceptors (Lipinski definition) is 6. The van der Waals surface area contributed by atoms with Crippen molar-refractivity contribution in [3.8, 4) is 0 Å². The van der Waals surface area contributed by atoms with Crippen LogP contribution in [0.1, 0.15) is 361 Å². The van der Waals surface area contributed by atoms with E-state index in [9.17, 15) is 14.4 Å². The molecule has 0 fully saturated rings. The molecule has 0 saturated carbocycles. The molecule has 6 nitrogen and oxygen atoms in total. The van der Waals surface area contributed by atoms with Crippen LogP contribution in [0.4, 0.5) is 0 Å². The standard InChI is InChI=1S/C72H130O6/c1-4-7-10-13-16-19-22-25-28-31-33-34-35-36-37-38-40-41-44-47-50-53-56-59-62-65-71(74)77-68-69(67-76-70(73)64-61-58-55-52-49-46-43-30-27-24-21-18-15-12-9-6-3)78-72(75)66-63-60-57-54-51-48-45-42-39-32-29-26-23-20-17-14-11-8-5-2/h17,20,22,25-26,29,31,33,39,42,69H,4-16,18-19,21,23-24,27-28,30,32,34-38,40-41,43-68H2,1-3H3/b20-17-,25-22-,29-26-,33-31-,42-39-. The fourth-order valence-corrected chi connectivity index (χ4v) is 10.1. The molecule has 454 valence electrons. The third kappa shape index (κ3) is 63.9. The van der Waals surface area contributed by atoms with E-state index in [1.54, 1.807) is 0 Å². The summed E-state index contributed by atoms with van der Waals surface area (Å²) in [7, 11) is 0. The van der Waals surface area contributed by atoms with Crippen LogP contribution in [0.5, 0.6) is 0 Å². The predicted molar refractivity (Wildman–Crippen MR) is 339 cm³/mol. The van der Waals surface area contributed by atoms with Gasteiger partial charge >= 0.3 is 17.9 Å². The van der Waals surface area contributed by atoms with Crippen molar-refractivity contribution >= 4 is 17.9 Å². The smallest absolute Gasteiger partial charge is 0.306 e. The molecule has 1 unspecified atom stereocenters. The normalized spacial score (nSPS) is 12.4. The SMILES string of the molecule is CCCCC/C=C\C/C=C\C/C=C\CCCCCCCCC(=O)OC(COC(=O)CCCCCCCCCCCCCCC/C=C\C/C=C\CCCCCCC)COC(=O)CCCCCCCCCCCCCCCCCC. The molecule has 78 heavy (non-hydrogen) atoms. The van der Waals surface area contributed by atoms with Crippen molar-refractivity contribution in [2.24, 2.45) is 0 Å². The van der Waals surface area contributed by atoms with Gasteiger partial charge in [-0.1, -0.05) is 313 Å². The van der Waals surface area contributed by atoms with Gasteiger partial charge in [-0.2, -0.15) is 0 Å². The molecular formula is C72H130O6. The Hall–Kier alpha value is -2.89. The lowest BCUT2D eigenvalue weighted by Crippen LogP contribution is -2.30. The van der Waals surface area contributed by atoms with E-state index in [2.05, 4.69) is 81.5 Å². The summed E-state index contributed by atoms with van der Waals surface area (Å²) in [6, 6.07) is 0. The maximum absolute atomic E-state index is 12.9. The van der Waals surface area contributed by atoms with Crippen LogP contribution in [0.25, 0.3) is 0 Å². The molecule has 0 aromatic rings. The molecule has 0 amide bonds. The first kappa shape index (κ1) is 75.1. The van der Waals surface area contributed by atoms with E-state index >= 15 is 0 Å². The van der Waals surface area contributed by atoms with Crippen molar-refractivity contribution in [1.29, 1.82) is 0 Å². The van der Waals surface area contributed by atoms with Crippen molar-refractivity contribution in [2.45, 2.75) is 367 Å². The lowest BCUT2D eigenvalue weighted by Gasteiger charge is -2.18. The molecule has 0 aromatic carbocycles. The molecular weight excluding hydrogens is 961 g/mol. The van der Waals surface area contributed by atoms with Crippen molar-refractivity contribution in [1.82, 2.24) is 0 Å². The Kier molecular flexibility index (Phi) is 64.2. The fourth-order valence-electron chi connectivity index (χ4n) is 10.1. The van der Waals surface area contributed by atoms with Crippen LogP contribution >= 0.6 is 0 Å². The highest BCUT2D eigenvalue weighted by Gasteiger charge is 2.19. The Labute approximate surface area is 485 Å². The van der Waals surface area contributed by atoms with Gasteiger partial charge in [-0.3, -0.25) is 14.4 Å². The third-order valence-corrected chi connectivity index (χ3v) is 15.2. The van der Waals surface area contributed by atoms with Gasteiger partial charge in [0.1, 0.15) is 13.2 Å². The van der Waals surface area contributed by atoms with Crippen LogP contribution in [-0.4, -0.2) is 37.2 Å². The monoisotopic (exact) mass is 1090 g/mol. The highest BCUT2D eigenvalue weighted by atomic mass is 16.6. The molecule has 0 aliphatic carbocycles. The Morgan fingerprint density at radius 1 is 0.256 bits per heavy atom. The van der Waals surface area contributed by atoms with Gasteiger partial charge in [-0.05, 0) is 89.9 Å². The number of rotatable bonds is 63. The molecule has 0 aliphatic rings. The van der Waals surface area contributed by atoms with Crippen molar-refractivity contribution in [3.63, 3.8) is 0 Å². The summed E-state index contributed by atoms with van der Waals surface area (Å²) in [6.45, 7) is 6.65. The predicted octanol–water partition coefficient (Wildman–Crippen LogP) is 23.5. The molecule has 0 rings (SSSR count). The minimum atomic E-state index is -0.781. The zero-order valence-corrected chi connectivity index (χ0v) is 52.2. The first-order valence-electron chi connectivity index (χ1n) is 34.3. The Balaban J connectivity index is 4.32. The first-order chi connectivity index (χ1) is 38.5. The fraction of sp³-hybridized carbons (Fsp3) is 0.819. The highest BCUT2D eigenvalue weighted by molar-refractivity contribution is 5.71. The van der Waals surface area contributed by atoms with E-state index < -0.39 is 6.10 Å². The van der Waals surface area contributed by atoms with Gasteiger partial charge in [0.05, 0.1) is 0 Å². The Morgan fingerprint density at radius 3 is 0.744 bits per heavy atom. The molecule has 6 heteroatoms. The van der Waals surface area contributed by atoms with E-state index in [1.807, 2.05) is 0 Å². The zero-order chi connectivity index (χ0) is 56.4. The van der Waals surface area contributed by atoms with Gasteiger partial charge in [-0.25, -0.2) is 0 Å². The quantitative estimate of drug-likeness (QED) is 0.0261. The molecule has 0 spiro atoms. The van der Waals surface area contributed by atoms with Crippen molar-refractivity contribution < 1.29 is 28.6 Å². The number of ether oxygens (including phenoxy) is 3. The molecule has 0 saturated heterocycles. The van der Waals surface area contributed by atoms with Gasteiger partial charge in [0.2, 0.25) is 0 Å². The summed E-state index contributed by atoms with van der Waals surface area (Å²) in [6.07, 6.45) is 85.2. The first-order valence-corrected chi connectivity index (χ1v) is 34.3. The summed E-state index contributed by atoms with van der Waals surface area (Å²) in [5.74, 6) is -0.866. The largest absolute Gasteiger partial charge is 0.462 e. The zero-order valence-electron chi connectivity index (χ0n) is 52.2. The summed E-state index contributed by atoms with van der Waals surface area (Å²) in [4.78, 5) is 38.4. The van der Waals surface area contributed by atoms with Crippen LogP contribution in [-0.2, 0) is 28.6 Å². The minimum Gasteiger partial charge on any atom is -0.462 e. The molecule has 0 radical (unpaired) electrons. The number of carbonyl (C=O) groups is 3. The van der Waals surface area contributed by atoms with Gasteiger partial charge in [0.15, 0.2) is 6.10 Å². The van der Waals surface area contributed by atoms with Crippen molar-refractivity contribution in [3.05, 3.63) is 60.8 Å². The molecule has 0 heterocycles. The average molecular weight is 1090 g/mol. The second-order valence-corrected chi connectivity index (χ2v) is 23.1. The minimum absolute atomic E-state index is 0.0758.